The number of benzene rings is 1. The zero-order valence-electron chi connectivity index (χ0n) is 19.7. The zero-order valence-corrected chi connectivity index (χ0v) is 19.7. The van der Waals surface area contributed by atoms with E-state index in [1.807, 2.05) is 0 Å². The second kappa shape index (κ2) is 7.35. The molecule has 0 spiro atoms. The van der Waals surface area contributed by atoms with Crippen LogP contribution in [-0.4, -0.2) is 15.7 Å². The Kier molecular flexibility index (Phi) is 4.10. The third-order valence-electron chi connectivity index (χ3n) is 8.09. The topological polar surface area (TPSA) is 30.3 Å². The fourth-order valence-electron chi connectivity index (χ4n) is 6.61. The summed E-state index contributed by atoms with van der Waals surface area (Å²) in [5.41, 5.74) is 11.9. The van der Waals surface area contributed by atoms with Crippen LogP contribution in [0.15, 0.2) is 106 Å². The molecule has 0 fully saturated rings. The van der Waals surface area contributed by atoms with Gasteiger partial charge in [0.05, 0.1) is 11.4 Å². The molecule has 8 rings (SSSR count). The molecule has 1 aromatic heterocycles. The number of rotatable bonds is 2. The summed E-state index contributed by atoms with van der Waals surface area (Å²) in [5.74, 6) is 2.19. The highest BCUT2D eigenvalue weighted by Gasteiger charge is 2.41. The summed E-state index contributed by atoms with van der Waals surface area (Å²) in [6, 6.07) is 10.7. The minimum atomic E-state index is 0.159. The van der Waals surface area contributed by atoms with Gasteiger partial charge in [0.2, 0.25) is 5.95 Å². The first-order chi connectivity index (χ1) is 17.4. The van der Waals surface area contributed by atoms with Crippen LogP contribution < -0.4 is 4.90 Å². The van der Waals surface area contributed by atoms with E-state index in [0.29, 0.717) is 0 Å². The van der Waals surface area contributed by atoms with Crippen molar-refractivity contribution >= 4 is 12.0 Å². The van der Waals surface area contributed by atoms with Crippen molar-refractivity contribution in [1.82, 2.24) is 9.55 Å². The van der Waals surface area contributed by atoms with E-state index in [1.54, 1.807) is 0 Å². The van der Waals surface area contributed by atoms with Gasteiger partial charge in [-0.05, 0) is 67.5 Å². The van der Waals surface area contributed by atoms with Crippen molar-refractivity contribution < 1.29 is 4.74 Å². The molecule has 0 saturated carbocycles. The fraction of sp³-hybridized carbons (Fsp3) is 0.258. The number of hydrogen-bond acceptors (Lipinski definition) is 3. The van der Waals surface area contributed by atoms with Crippen LogP contribution in [0.1, 0.15) is 49.9 Å². The molecule has 172 valence electrons. The number of fused-ring (bicyclic) bond motifs is 3. The normalized spacial score (nSPS) is 23.7. The highest BCUT2D eigenvalue weighted by molar-refractivity contribution is 5.74. The van der Waals surface area contributed by atoms with Crippen molar-refractivity contribution in [3.63, 3.8) is 0 Å². The van der Waals surface area contributed by atoms with Gasteiger partial charge in [-0.1, -0.05) is 42.5 Å². The van der Waals surface area contributed by atoms with E-state index in [9.17, 15) is 0 Å². The third kappa shape index (κ3) is 2.77. The van der Waals surface area contributed by atoms with E-state index >= 15 is 0 Å². The van der Waals surface area contributed by atoms with Gasteiger partial charge in [-0.25, -0.2) is 4.98 Å². The van der Waals surface area contributed by atoms with E-state index < -0.39 is 0 Å². The SMILES string of the molecule is C1=CC2=C(CC1)OC1CC3=CCCC4=C3C(=C21)C=CN4c1nc2c(n1-c1ccccc1)CCC=C2. The quantitative estimate of drug-likeness (QED) is 0.494. The molecule has 0 saturated heterocycles. The predicted octanol–water partition coefficient (Wildman–Crippen LogP) is 6.84. The van der Waals surface area contributed by atoms with E-state index in [-0.39, 0.29) is 6.10 Å². The van der Waals surface area contributed by atoms with Gasteiger partial charge in [0, 0.05) is 47.1 Å². The Labute approximate surface area is 205 Å². The molecule has 6 aliphatic rings. The summed E-state index contributed by atoms with van der Waals surface area (Å²) >= 11 is 0. The number of aromatic nitrogens is 2. The van der Waals surface area contributed by atoms with E-state index in [2.05, 4.69) is 82.5 Å². The van der Waals surface area contributed by atoms with Crippen molar-refractivity contribution in [2.45, 2.75) is 51.0 Å². The molecule has 0 amide bonds. The lowest BCUT2D eigenvalue weighted by atomic mass is 9.74. The Morgan fingerprint density at radius 1 is 0.886 bits per heavy atom. The van der Waals surface area contributed by atoms with Gasteiger partial charge >= 0.3 is 0 Å². The Bertz CT molecular complexity index is 1490. The van der Waals surface area contributed by atoms with Crippen LogP contribution in [0.25, 0.3) is 11.8 Å². The molecule has 3 heterocycles. The molecular formula is C31H27N3O. The molecular weight excluding hydrogens is 430 g/mol. The Morgan fingerprint density at radius 3 is 2.71 bits per heavy atom. The number of anilines is 1. The third-order valence-corrected chi connectivity index (χ3v) is 8.09. The predicted molar refractivity (Wildman–Crippen MR) is 139 cm³/mol. The Hall–Kier alpha value is -3.79. The Balaban J connectivity index is 1.33. The largest absolute Gasteiger partial charge is 0.489 e. The number of allylic oxidation sites excluding steroid dienone is 9. The zero-order chi connectivity index (χ0) is 22.9. The van der Waals surface area contributed by atoms with Crippen LogP contribution in [-0.2, 0) is 11.2 Å². The van der Waals surface area contributed by atoms with Gasteiger partial charge in [-0.15, -0.1) is 0 Å². The smallest absolute Gasteiger partial charge is 0.219 e. The summed E-state index contributed by atoms with van der Waals surface area (Å²) in [7, 11) is 0. The minimum Gasteiger partial charge on any atom is -0.489 e. The molecule has 1 aromatic carbocycles. The number of imidazole rings is 1. The number of ether oxygens (including phenoxy) is 1. The molecule has 35 heavy (non-hydrogen) atoms. The number of hydrogen-bond donors (Lipinski definition) is 0. The molecule has 2 aliphatic heterocycles. The van der Waals surface area contributed by atoms with Gasteiger partial charge in [-0.2, -0.15) is 0 Å². The number of nitrogens with zero attached hydrogens (tertiary/aromatic N) is 3. The van der Waals surface area contributed by atoms with Crippen LogP contribution in [0.5, 0.6) is 0 Å². The summed E-state index contributed by atoms with van der Waals surface area (Å²) in [5, 5.41) is 0. The van der Waals surface area contributed by atoms with Gasteiger partial charge < -0.3 is 4.74 Å². The molecule has 1 atom stereocenters. The van der Waals surface area contributed by atoms with Crippen LogP contribution in [0, 0.1) is 0 Å². The molecule has 0 N–H and O–H groups in total. The maximum Gasteiger partial charge on any atom is 0.219 e. The van der Waals surface area contributed by atoms with Crippen LogP contribution in [0.4, 0.5) is 5.95 Å². The maximum atomic E-state index is 6.49. The van der Waals surface area contributed by atoms with Crippen molar-refractivity contribution in [3.05, 3.63) is 118 Å². The molecule has 4 nitrogen and oxygen atoms in total. The second-order valence-corrected chi connectivity index (χ2v) is 10.0. The average Bonchev–Trinajstić information content (AvgIpc) is 3.48. The molecule has 2 aromatic rings. The first-order valence-corrected chi connectivity index (χ1v) is 12.9. The lowest BCUT2D eigenvalue weighted by Crippen LogP contribution is -2.30. The van der Waals surface area contributed by atoms with Gasteiger partial charge in [0.25, 0.3) is 0 Å². The second-order valence-electron chi connectivity index (χ2n) is 10.0. The standard InChI is InChI=1S/C31H27N3O/c1-2-10-21(11-3-1)34-25-14-6-5-13-24(25)32-31(34)33-18-17-23-29-20(9-8-15-26(29)33)19-28-30(23)22-12-4-7-16-27(22)35-28/h1-5,9-13,17-18,28H,6-8,14-16,19H2. The Morgan fingerprint density at radius 2 is 1.77 bits per heavy atom. The van der Waals surface area contributed by atoms with Gasteiger partial charge in [0.15, 0.2) is 0 Å². The lowest BCUT2D eigenvalue weighted by Gasteiger charge is -2.38. The molecule has 0 bridgehead atoms. The van der Waals surface area contributed by atoms with Crippen molar-refractivity contribution in [2.75, 3.05) is 4.90 Å². The van der Waals surface area contributed by atoms with Crippen molar-refractivity contribution in [2.24, 2.45) is 0 Å². The monoisotopic (exact) mass is 457 g/mol. The highest BCUT2D eigenvalue weighted by atomic mass is 16.5. The molecule has 1 unspecified atom stereocenters. The summed E-state index contributed by atoms with van der Waals surface area (Å²) in [4.78, 5) is 7.57. The van der Waals surface area contributed by atoms with Gasteiger partial charge in [0.1, 0.15) is 11.9 Å². The van der Waals surface area contributed by atoms with Crippen LogP contribution in [0.2, 0.25) is 0 Å². The van der Waals surface area contributed by atoms with Crippen LogP contribution in [0.3, 0.4) is 0 Å². The molecule has 4 aliphatic carbocycles. The summed E-state index contributed by atoms with van der Waals surface area (Å²) in [6.45, 7) is 0. The lowest BCUT2D eigenvalue weighted by molar-refractivity contribution is 0.157. The fourth-order valence-corrected chi connectivity index (χ4v) is 6.61. The first kappa shape index (κ1) is 19.5. The van der Waals surface area contributed by atoms with E-state index in [1.165, 1.54) is 50.7 Å². The van der Waals surface area contributed by atoms with E-state index in [0.717, 1.165) is 56.6 Å². The molecule has 4 heteroatoms. The minimum absolute atomic E-state index is 0.159. The van der Waals surface area contributed by atoms with Gasteiger partial charge in [-0.3, -0.25) is 9.47 Å². The maximum absolute atomic E-state index is 6.49. The number of para-hydroxylation sites is 1. The average molecular weight is 458 g/mol. The van der Waals surface area contributed by atoms with E-state index in [4.69, 9.17) is 9.72 Å². The summed E-state index contributed by atoms with van der Waals surface area (Å²) in [6.07, 6.45) is 23.4. The first-order valence-electron chi connectivity index (χ1n) is 12.9. The summed E-state index contributed by atoms with van der Waals surface area (Å²) < 4.78 is 8.87. The highest BCUT2D eigenvalue weighted by Crippen LogP contribution is 2.51. The molecule has 0 radical (unpaired) electrons. The van der Waals surface area contributed by atoms with Crippen molar-refractivity contribution in [3.8, 4) is 5.69 Å². The van der Waals surface area contributed by atoms with Crippen LogP contribution >= 0.6 is 0 Å². The van der Waals surface area contributed by atoms with Crippen molar-refractivity contribution in [1.29, 1.82) is 0 Å².